The molecule has 0 bridgehead atoms. The SMILES string of the molecule is Cc1ccc(S(=O)(=O)N[C@H](CCC(C)NC(C)C)SCc2ccccc2)c2ccccc12. The molecule has 4 nitrogen and oxygen atoms in total. The molecule has 3 aromatic rings. The molecule has 0 fully saturated rings. The fraction of sp³-hybridized carbons (Fsp3) is 0.385. The monoisotopic (exact) mass is 470 g/mol. The van der Waals surface area contributed by atoms with Crippen molar-refractivity contribution < 1.29 is 8.42 Å². The third-order valence-corrected chi connectivity index (χ3v) is 8.39. The van der Waals surface area contributed by atoms with Gasteiger partial charge in [0, 0.05) is 23.2 Å². The molecule has 2 atom stereocenters. The highest BCUT2D eigenvalue weighted by atomic mass is 32.2. The van der Waals surface area contributed by atoms with E-state index in [-0.39, 0.29) is 5.37 Å². The highest BCUT2D eigenvalue weighted by molar-refractivity contribution is 8.00. The van der Waals surface area contributed by atoms with Crippen molar-refractivity contribution >= 4 is 32.6 Å². The van der Waals surface area contributed by atoms with E-state index in [2.05, 4.69) is 42.9 Å². The van der Waals surface area contributed by atoms with Crippen molar-refractivity contribution in [2.75, 3.05) is 0 Å². The van der Waals surface area contributed by atoms with Crippen LogP contribution < -0.4 is 10.0 Å². The van der Waals surface area contributed by atoms with E-state index in [1.54, 1.807) is 17.8 Å². The Morgan fingerprint density at radius 3 is 2.19 bits per heavy atom. The number of nitrogens with one attached hydrogen (secondary N) is 2. The van der Waals surface area contributed by atoms with Crippen LogP contribution in [-0.4, -0.2) is 25.9 Å². The summed E-state index contributed by atoms with van der Waals surface area (Å²) in [5, 5.41) is 5.04. The van der Waals surface area contributed by atoms with Crippen LogP contribution in [0.2, 0.25) is 0 Å². The van der Waals surface area contributed by atoms with Gasteiger partial charge in [-0.3, -0.25) is 0 Å². The van der Waals surface area contributed by atoms with Crippen LogP contribution >= 0.6 is 11.8 Å². The number of hydrogen-bond acceptors (Lipinski definition) is 4. The van der Waals surface area contributed by atoms with Crippen molar-refractivity contribution in [3.63, 3.8) is 0 Å². The van der Waals surface area contributed by atoms with Gasteiger partial charge in [-0.25, -0.2) is 8.42 Å². The summed E-state index contributed by atoms with van der Waals surface area (Å²) < 4.78 is 29.9. The first-order valence-corrected chi connectivity index (χ1v) is 13.7. The molecule has 3 rings (SSSR count). The second-order valence-corrected chi connectivity index (χ2v) is 11.5. The Kier molecular flexibility index (Phi) is 8.77. The van der Waals surface area contributed by atoms with Crippen LogP contribution in [0.3, 0.4) is 0 Å². The van der Waals surface area contributed by atoms with Crippen LogP contribution in [0.25, 0.3) is 10.8 Å². The van der Waals surface area contributed by atoms with Crippen LogP contribution in [0.5, 0.6) is 0 Å². The third-order valence-electron chi connectivity index (χ3n) is 5.45. The highest BCUT2D eigenvalue weighted by Gasteiger charge is 2.23. The Balaban J connectivity index is 1.81. The van der Waals surface area contributed by atoms with Crippen molar-refractivity contribution in [1.29, 1.82) is 0 Å². The molecular weight excluding hydrogens is 436 g/mol. The fourth-order valence-corrected chi connectivity index (χ4v) is 6.74. The Labute approximate surface area is 197 Å². The van der Waals surface area contributed by atoms with E-state index in [0.717, 1.165) is 34.9 Å². The molecule has 0 aromatic heterocycles. The first-order valence-electron chi connectivity index (χ1n) is 11.2. The number of hydrogen-bond donors (Lipinski definition) is 2. The first kappa shape index (κ1) is 24.8. The average Bonchev–Trinajstić information content (AvgIpc) is 2.76. The molecular formula is C26H34N2O2S2. The van der Waals surface area contributed by atoms with Gasteiger partial charge in [0.15, 0.2) is 0 Å². The molecule has 1 unspecified atom stereocenters. The lowest BCUT2D eigenvalue weighted by Gasteiger charge is -2.22. The standard InChI is InChI=1S/C26H34N2O2S2/c1-19(2)27-21(4)15-17-26(31-18-22-10-6-5-7-11-22)28-32(29,30)25-16-14-20(3)23-12-8-9-13-24(23)25/h5-14,16,19,21,26-28H,15,17-18H2,1-4H3/t21?,26-/m0/s1. The lowest BCUT2D eigenvalue weighted by Crippen LogP contribution is -2.36. The predicted octanol–water partition coefficient (Wildman–Crippen LogP) is 5.85. The molecule has 0 saturated heterocycles. The largest absolute Gasteiger partial charge is 0.312 e. The van der Waals surface area contributed by atoms with E-state index >= 15 is 0 Å². The maximum Gasteiger partial charge on any atom is 0.242 e. The normalized spacial score (nSPS) is 14.0. The smallest absolute Gasteiger partial charge is 0.242 e. The minimum absolute atomic E-state index is 0.211. The van der Waals surface area contributed by atoms with Crippen LogP contribution in [0.4, 0.5) is 0 Å². The number of fused-ring (bicyclic) bond motifs is 1. The first-order chi connectivity index (χ1) is 15.3. The quantitative estimate of drug-likeness (QED) is 0.345. The third kappa shape index (κ3) is 6.82. The van der Waals surface area contributed by atoms with Crippen LogP contribution in [-0.2, 0) is 15.8 Å². The summed E-state index contributed by atoms with van der Waals surface area (Å²) in [6.45, 7) is 8.42. The molecule has 0 saturated carbocycles. The summed E-state index contributed by atoms with van der Waals surface area (Å²) in [4.78, 5) is 0.345. The molecule has 0 heterocycles. The predicted molar refractivity (Wildman–Crippen MR) is 137 cm³/mol. The van der Waals surface area contributed by atoms with Crippen LogP contribution in [0, 0.1) is 6.92 Å². The molecule has 0 aliphatic carbocycles. The molecule has 2 N–H and O–H groups in total. The van der Waals surface area contributed by atoms with Gasteiger partial charge in [0.05, 0.1) is 10.3 Å². The molecule has 0 aliphatic rings. The summed E-state index contributed by atoms with van der Waals surface area (Å²) in [7, 11) is -3.67. The zero-order valence-electron chi connectivity index (χ0n) is 19.3. The van der Waals surface area contributed by atoms with Gasteiger partial charge in [0.25, 0.3) is 0 Å². The Hall–Kier alpha value is -1.86. The molecule has 0 aliphatic heterocycles. The summed E-state index contributed by atoms with van der Waals surface area (Å²) in [5.74, 6) is 0.759. The van der Waals surface area contributed by atoms with E-state index in [9.17, 15) is 8.42 Å². The number of rotatable bonds is 11. The summed E-state index contributed by atoms with van der Waals surface area (Å²) in [5.41, 5.74) is 2.26. The number of thioether (sulfide) groups is 1. The zero-order valence-corrected chi connectivity index (χ0v) is 21.0. The van der Waals surface area contributed by atoms with Crippen molar-refractivity contribution in [2.45, 2.75) is 68.6 Å². The van der Waals surface area contributed by atoms with Gasteiger partial charge >= 0.3 is 0 Å². The van der Waals surface area contributed by atoms with E-state index in [0.29, 0.717) is 17.0 Å². The maximum absolute atomic E-state index is 13.5. The highest BCUT2D eigenvalue weighted by Crippen LogP contribution is 2.28. The van der Waals surface area contributed by atoms with E-state index in [1.165, 1.54) is 5.56 Å². The minimum Gasteiger partial charge on any atom is -0.312 e. The van der Waals surface area contributed by atoms with Crippen molar-refractivity contribution in [3.8, 4) is 0 Å². The lowest BCUT2D eigenvalue weighted by molar-refractivity contribution is 0.448. The minimum atomic E-state index is -3.67. The average molecular weight is 471 g/mol. The van der Waals surface area contributed by atoms with Crippen LogP contribution in [0.15, 0.2) is 71.6 Å². The topological polar surface area (TPSA) is 58.2 Å². The van der Waals surface area contributed by atoms with Gasteiger partial charge in [-0.05, 0) is 49.3 Å². The van der Waals surface area contributed by atoms with Gasteiger partial charge in [-0.2, -0.15) is 4.72 Å². The van der Waals surface area contributed by atoms with Gasteiger partial charge in [0.2, 0.25) is 10.0 Å². The molecule has 0 amide bonds. The van der Waals surface area contributed by atoms with Gasteiger partial charge in [0.1, 0.15) is 0 Å². The fourth-order valence-electron chi connectivity index (χ4n) is 3.89. The second-order valence-electron chi connectivity index (χ2n) is 8.63. The van der Waals surface area contributed by atoms with E-state index in [1.807, 2.05) is 55.5 Å². The number of sulfonamides is 1. The van der Waals surface area contributed by atoms with Crippen molar-refractivity contribution in [2.24, 2.45) is 0 Å². The molecule has 6 heteroatoms. The number of benzene rings is 3. The molecule has 3 aromatic carbocycles. The zero-order chi connectivity index (χ0) is 23.1. The van der Waals surface area contributed by atoms with Crippen LogP contribution in [0.1, 0.15) is 44.7 Å². The Morgan fingerprint density at radius 1 is 0.844 bits per heavy atom. The van der Waals surface area contributed by atoms with Gasteiger partial charge in [-0.1, -0.05) is 74.5 Å². The molecule has 0 radical (unpaired) electrons. The van der Waals surface area contributed by atoms with Gasteiger partial charge in [-0.15, -0.1) is 11.8 Å². The maximum atomic E-state index is 13.5. The van der Waals surface area contributed by atoms with Crippen molar-refractivity contribution in [3.05, 3.63) is 77.9 Å². The number of aryl methyl sites for hydroxylation is 1. The van der Waals surface area contributed by atoms with E-state index < -0.39 is 10.0 Å². The molecule has 0 spiro atoms. The molecule has 32 heavy (non-hydrogen) atoms. The second kappa shape index (κ2) is 11.3. The Morgan fingerprint density at radius 2 is 1.50 bits per heavy atom. The van der Waals surface area contributed by atoms with E-state index in [4.69, 9.17) is 0 Å². The summed E-state index contributed by atoms with van der Waals surface area (Å²) >= 11 is 1.65. The summed E-state index contributed by atoms with van der Waals surface area (Å²) in [6, 6.07) is 22.2. The lowest BCUT2D eigenvalue weighted by atomic mass is 10.1. The van der Waals surface area contributed by atoms with Crippen molar-refractivity contribution in [1.82, 2.24) is 10.0 Å². The summed E-state index contributed by atoms with van der Waals surface area (Å²) in [6.07, 6.45) is 1.64. The Bertz CT molecular complexity index is 1120. The van der Waals surface area contributed by atoms with Gasteiger partial charge < -0.3 is 5.32 Å². The molecule has 172 valence electrons.